The van der Waals surface area contributed by atoms with E-state index in [9.17, 15) is 0 Å². The maximum atomic E-state index is 4.04. The minimum atomic E-state index is -1.55. The maximum Gasteiger partial charge on any atom is 0.0923 e. The van der Waals surface area contributed by atoms with Gasteiger partial charge < -0.3 is 0 Å². The summed E-state index contributed by atoms with van der Waals surface area (Å²) in [6.07, 6.45) is 19.5. The highest BCUT2D eigenvalue weighted by Crippen LogP contribution is 2.51. The Hall–Kier alpha value is -0.863. The number of hydrogen-bond donors (Lipinski definition) is 0. The van der Waals surface area contributed by atoms with Gasteiger partial charge in [-0.3, -0.25) is 0 Å². The molecule has 1 atom stereocenters. The molecule has 2 heteroatoms. The number of fused-ring (bicyclic) bond motifs is 1. The standard InChI is InChI=1S/C21H25BrSi/c1-14-12-18-19(13-15-8-4-7-11-17(15)20(18)22)21(14)23(2,3)16-9-5-6-10-16/h5-6,9-10,12-13,16,20H,4,7-8,11H2,1-3H3. The first-order valence-electron chi connectivity index (χ1n) is 8.86. The number of allylic oxidation sites excluding steroid dienone is 12. The number of hydrogen-bond acceptors (Lipinski definition) is 0. The molecule has 4 aliphatic carbocycles. The molecule has 0 aromatic carbocycles. The fourth-order valence-electron chi connectivity index (χ4n) is 4.81. The SMILES string of the molecule is CC1=C([Si](C)(C)C2C=CC=C2)C2=CC3=C(CCCC3)C(Br)C2=C1. The van der Waals surface area contributed by atoms with Crippen molar-refractivity contribution in [1.29, 1.82) is 0 Å². The quantitative estimate of drug-likeness (QED) is 0.373. The first-order chi connectivity index (χ1) is 11.0. The van der Waals surface area contributed by atoms with Crippen molar-refractivity contribution >= 4 is 24.0 Å². The van der Waals surface area contributed by atoms with E-state index in [1.54, 1.807) is 21.9 Å². The van der Waals surface area contributed by atoms with Gasteiger partial charge in [-0.1, -0.05) is 71.1 Å². The van der Waals surface area contributed by atoms with Gasteiger partial charge in [0.2, 0.25) is 0 Å². The zero-order valence-corrected chi connectivity index (χ0v) is 16.9. The van der Waals surface area contributed by atoms with Gasteiger partial charge in [0, 0.05) is 0 Å². The van der Waals surface area contributed by atoms with Crippen molar-refractivity contribution in [3.8, 4) is 0 Å². The van der Waals surface area contributed by atoms with Crippen LogP contribution in [0.3, 0.4) is 0 Å². The van der Waals surface area contributed by atoms with Gasteiger partial charge in [0.1, 0.15) is 0 Å². The highest BCUT2D eigenvalue weighted by atomic mass is 79.9. The third-order valence-corrected chi connectivity index (χ3v) is 11.1. The minimum absolute atomic E-state index is 0.449. The lowest BCUT2D eigenvalue weighted by Crippen LogP contribution is -2.35. The third kappa shape index (κ3) is 2.37. The summed E-state index contributed by atoms with van der Waals surface area (Å²) in [5.41, 5.74) is 8.53. The van der Waals surface area contributed by atoms with Crippen molar-refractivity contribution < 1.29 is 0 Å². The number of alkyl halides is 1. The summed E-state index contributed by atoms with van der Waals surface area (Å²) in [6.45, 7) is 7.42. The van der Waals surface area contributed by atoms with Gasteiger partial charge in [0.25, 0.3) is 0 Å². The lowest BCUT2D eigenvalue weighted by molar-refractivity contribution is 0.669. The normalized spacial score (nSPS) is 27.4. The van der Waals surface area contributed by atoms with Gasteiger partial charge in [-0.25, -0.2) is 0 Å². The second-order valence-corrected chi connectivity index (χ2v) is 13.4. The topological polar surface area (TPSA) is 0 Å². The van der Waals surface area contributed by atoms with Crippen molar-refractivity contribution in [2.24, 2.45) is 0 Å². The Morgan fingerprint density at radius 2 is 1.74 bits per heavy atom. The number of halogens is 1. The molecular weight excluding hydrogens is 360 g/mol. The van der Waals surface area contributed by atoms with E-state index in [1.165, 1.54) is 36.8 Å². The van der Waals surface area contributed by atoms with Crippen LogP contribution in [0.4, 0.5) is 0 Å². The molecule has 0 saturated carbocycles. The summed E-state index contributed by atoms with van der Waals surface area (Å²) >= 11 is 4.04. The molecular formula is C21H25BrSi. The highest BCUT2D eigenvalue weighted by molar-refractivity contribution is 9.09. The lowest BCUT2D eigenvalue weighted by Gasteiger charge is -2.35. The van der Waals surface area contributed by atoms with Crippen LogP contribution in [-0.2, 0) is 0 Å². The average molecular weight is 385 g/mol. The molecule has 0 nitrogen and oxygen atoms in total. The van der Waals surface area contributed by atoms with Crippen molar-refractivity contribution in [2.75, 3.05) is 0 Å². The Morgan fingerprint density at radius 3 is 2.48 bits per heavy atom. The van der Waals surface area contributed by atoms with Crippen LogP contribution < -0.4 is 0 Å². The molecule has 4 aliphatic rings. The molecule has 0 aliphatic heterocycles. The first-order valence-corrected chi connectivity index (χ1v) is 12.9. The summed E-state index contributed by atoms with van der Waals surface area (Å²) in [7, 11) is -1.55. The van der Waals surface area contributed by atoms with E-state index >= 15 is 0 Å². The van der Waals surface area contributed by atoms with Gasteiger partial charge in [-0.15, -0.1) is 0 Å². The number of rotatable bonds is 2. The molecule has 0 N–H and O–H groups in total. The van der Waals surface area contributed by atoms with E-state index in [1.807, 2.05) is 0 Å². The predicted molar refractivity (Wildman–Crippen MR) is 107 cm³/mol. The Balaban J connectivity index is 1.80. The Labute approximate surface area is 149 Å². The monoisotopic (exact) mass is 384 g/mol. The van der Waals surface area contributed by atoms with Crippen LogP contribution in [0.5, 0.6) is 0 Å². The fourth-order valence-corrected chi connectivity index (χ4v) is 9.23. The Bertz CT molecular complexity index is 728. The summed E-state index contributed by atoms with van der Waals surface area (Å²) in [6, 6.07) is 0. The molecule has 4 rings (SSSR count). The summed E-state index contributed by atoms with van der Waals surface area (Å²) in [4.78, 5) is 0.449. The summed E-state index contributed by atoms with van der Waals surface area (Å²) in [5, 5.41) is 1.69. The van der Waals surface area contributed by atoms with Crippen LogP contribution >= 0.6 is 15.9 Å². The Kier molecular flexibility index (Phi) is 3.81. The molecule has 0 aromatic rings. The van der Waals surface area contributed by atoms with E-state index in [4.69, 9.17) is 0 Å². The van der Waals surface area contributed by atoms with E-state index < -0.39 is 8.07 Å². The fraction of sp³-hybridized carbons (Fsp3) is 0.429. The van der Waals surface area contributed by atoms with Crippen molar-refractivity contribution in [3.63, 3.8) is 0 Å². The van der Waals surface area contributed by atoms with Crippen LogP contribution in [0.15, 0.2) is 69.5 Å². The second-order valence-electron chi connectivity index (χ2n) is 7.85. The molecule has 0 amide bonds. The Morgan fingerprint density at radius 1 is 1.04 bits per heavy atom. The largest absolute Gasteiger partial charge is 0.0923 e. The molecule has 0 spiro atoms. The summed E-state index contributed by atoms with van der Waals surface area (Å²) < 4.78 is 0. The van der Waals surface area contributed by atoms with E-state index in [0.717, 1.165) is 0 Å². The van der Waals surface area contributed by atoms with Crippen molar-refractivity contribution in [2.45, 2.75) is 56.1 Å². The molecule has 23 heavy (non-hydrogen) atoms. The first kappa shape index (κ1) is 15.7. The van der Waals surface area contributed by atoms with E-state index in [0.29, 0.717) is 10.4 Å². The predicted octanol–water partition coefficient (Wildman–Crippen LogP) is 6.56. The van der Waals surface area contributed by atoms with Crippen molar-refractivity contribution in [1.82, 2.24) is 0 Å². The molecule has 0 heterocycles. The average Bonchev–Trinajstić information content (AvgIpc) is 3.15. The van der Waals surface area contributed by atoms with Crippen LogP contribution in [0.25, 0.3) is 0 Å². The molecule has 0 saturated heterocycles. The third-order valence-electron chi connectivity index (χ3n) is 6.02. The summed E-state index contributed by atoms with van der Waals surface area (Å²) in [5.74, 6) is 0. The van der Waals surface area contributed by atoms with Crippen LogP contribution in [-0.4, -0.2) is 12.9 Å². The zero-order valence-electron chi connectivity index (χ0n) is 14.3. The van der Waals surface area contributed by atoms with Gasteiger partial charge in [0.05, 0.1) is 12.9 Å². The zero-order chi connectivity index (χ0) is 16.2. The van der Waals surface area contributed by atoms with E-state index in [2.05, 4.69) is 72.4 Å². The molecule has 0 fully saturated rings. The van der Waals surface area contributed by atoms with Crippen LogP contribution in [0.1, 0.15) is 32.6 Å². The molecule has 0 aromatic heterocycles. The van der Waals surface area contributed by atoms with E-state index in [-0.39, 0.29) is 0 Å². The smallest absolute Gasteiger partial charge is 0.0800 e. The molecule has 120 valence electrons. The van der Waals surface area contributed by atoms with Crippen LogP contribution in [0, 0.1) is 0 Å². The molecule has 0 bridgehead atoms. The second kappa shape index (κ2) is 5.60. The van der Waals surface area contributed by atoms with Gasteiger partial charge in [-0.2, -0.15) is 0 Å². The van der Waals surface area contributed by atoms with Crippen LogP contribution in [0.2, 0.25) is 18.6 Å². The maximum absolute atomic E-state index is 4.04. The minimum Gasteiger partial charge on any atom is -0.0800 e. The highest BCUT2D eigenvalue weighted by Gasteiger charge is 2.41. The lowest BCUT2D eigenvalue weighted by atomic mass is 9.81. The molecule has 1 unspecified atom stereocenters. The van der Waals surface area contributed by atoms with Crippen molar-refractivity contribution in [3.05, 3.63) is 69.5 Å². The van der Waals surface area contributed by atoms with Gasteiger partial charge in [0.15, 0.2) is 0 Å². The molecule has 0 radical (unpaired) electrons. The van der Waals surface area contributed by atoms with Gasteiger partial charge >= 0.3 is 0 Å². The van der Waals surface area contributed by atoms with Gasteiger partial charge in [-0.05, 0) is 65.6 Å².